The van der Waals surface area contributed by atoms with E-state index in [0.717, 1.165) is 10.2 Å². The van der Waals surface area contributed by atoms with E-state index in [0.29, 0.717) is 24.8 Å². The highest BCUT2D eigenvalue weighted by Crippen LogP contribution is 2.07. The largest absolute Gasteiger partial charge is 0.340 e. The van der Waals surface area contributed by atoms with Gasteiger partial charge in [-0.05, 0) is 28.1 Å². The number of nitrogens with one attached hydrogen (secondary N) is 1. The number of hydrogen-bond acceptors (Lipinski definition) is 5. The molecule has 2 aromatic heterocycles. The third-order valence-electron chi connectivity index (χ3n) is 1.95. The first-order chi connectivity index (χ1) is 7.74. The number of rotatable bonds is 4. The Balaban J connectivity index is 1.82. The fraction of sp³-hybridized carbons (Fsp3) is 0.300. The summed E-state index contributed by atoms with van der Waals surface area (Å²) in [5.74, 6) is 1.24. The Morgan fingerprint density at radius 3 is 2.88 bits per heavy atom. The minimum Gasteiger partial charge on any atom is -0.340 e. The average molecular weight is 283 g/mol. The maximum atomic E-state index is 4.86. The van der Waals surface area contributed by atoms with Crippen molar-refractivity contribution in [2.24, 2.45) is 0 Å². The first kappa shape index (κ1) is 11.2. The summed E-state index contributed by atoms with van der Waals surface area (Å²) in [7, 11) is 0. The van der Waals surface area contributed by atoms with Crippen molar-refractivity contribution < 1.29 is 4.52 Å². The van der Waals surface area contributed by atoms with E-state index in [-0.39, 0.29) is 0 Å². The normalized spacial score (nSPS) is 10.6. The maximum absolute atomic E-state index is 4.86. The van der Waals surface area contributed by atoms with Crippen LogP contribution in [0.25, 0.3) is 0 Å². The molecule has 2 rings (SSSR count). The van der Waals surface area contributed by atoms with Gasteiger partial charge in [-0.25, -0.2) is 0 Å². The van der Waals surface area contributed by atoms with Gasteiger partial charge in [0, 0.05) is 24.1 Å². The summed E-state index contributed by atoms with van der Waals surface area (Å²) < 4.78 is 5.84. The zero-order chi connectivity index (χ0) is 11.4. The summed E-state index contributed by atoms with van der Waals surface area (Å²) in [5, 5.41) is 6.97. The van der Waals surface area contributed by atoms with Gasteiger partial charge in [0.05, 0.1) is 12.2 Å². The number of pyridine rings is 1. The van der Waals surface area contributed by atoms with Gasteiger partial charge >= 0.3 is 0 Å². The Labute approximate surface area is 101 Å². The van der Waals surface area contributed by atoms with Gasteiger partial charge in [0.2, 0.25) is 5.89 Å². The topological polar surface area (TPSA) is 63.8 Å². The van der Waals surface area contributed by atoms with E-state index < -0.39 is 0 Å². The van der Waals surface area contributed by atoms with Crippen LogP contribution < -0.4 is 5.32 Å². The molecule has 0 radical (unpaired) electrons. The van der Waals surface area contributed by atoms with Gasteiger partial charge < -0.3 is 9.84 Å². The Morgan fingerprint density at radius 1 is 1.38 bits per heavy atom. The van der Waals surface area contributed by atoms with Gasteiger partial charge in [-0.2, -0.15) is 4.98 Å². The first-order valence-electron chi connectivity index (χ1n) is 4.84. The zero-order valence-electron chi connectivity index (χ0n) is 8.77. The highest BCUT2D eigenvalue weighted by molar-refractivity contribution is 9.10. The minimum absolute atomic E-state index is 0.578. The van der Waals surface area contributed by atoms with E-state index in [9.17, 15) is 0 Å². The van der Waals surface area contributed by atoms with Crippen molar-refractivity contribution >= 4 is 15.9 Å². The molecule has 0 saturated heterocycles. The highest BCUT2D eigenvalue weighted by Gasteiger charge is 2.01. The molecule has 5 nitrogen and oxygen atoms in total. The molecule has 0 saturated carbocycles. The van der Waals surface area contributed by atoms with Gasteiger partial charge in [-0.1, -0.05) is 5.16 Å². The van der Waals surface area contributed by atoms with Crippen LogP contribution in [-0.4, -0.2) is 15.1 Å². The number of halogens is 1. The molecule has 0 aromatic carbocycles. The van der Waals surface area contributed by atoms with Crippen molar-refractivity contribution in [3.63, 3.8) is 0 Å². The highest BCUT2D eigenvalue weighted by atomic mass is 79.9. The van der Waals surface area contributed by atoms with Gasteiger partial charge in [0.1, 0.15) is 0 Å². The molecule has 0 fully saturated rings. The van der Waals surface area contributed by atoms with E-state index in [2.05, 4.69) is 36.4 Å². The standard InChI is InChI=1S/C10H11BrN4O/c1-7-14-10(15-16-7)6-12-5-9-3-2-8(11)4-13-9/h2-4,12H,5-6H2,1H3. The molecule has 0 atom stereocenters. The van der Waals surface area contributed by atoms with Crippen molar-refractivity contribution in [2.75, 3.05) is 0 Å². The van der Waals surface area contributed by atoms with E-state index in [1.165, 1.54) is 0 Å². The average Bonchev–Trinajstić information content (AvgIpc) is 2.67. The maximum Gasteiger partial charge on any atom is 0.223 e. The summed E-state index contributed by atoms with van der Waals surface area (Å²) >= 11 is 3.34. The van der Waals surface area contributed by atoms with Crippen LogP contribution >= 0.6 is 15.9 Å². The lowest BCUT2D eigenvalue weighted by atomic mass is 10.3. The predicted molar refractivity (Wildman–Crippen MR) is 61.5 cm³/mol. The Kier molecular flexibility index (Phi) is 3.63. The summed E-state index contributed by atoms with van der Waals surface area (Å²) in [4.78, 5) is 8.33. The van der Waals surface area contributed by atoms with Crippen molar-refractivity contribution in [3.05, 3.63) is 40.2 Å². The molecule has 0 aliphatic carbocycles. The molecular formula is C10H11BrN4O. The second-order valence-corrected chi connectivity index (χ2v) is 4.22. The van der Waals surface area contributed by atoms with Crippen LogP contribution in [0.5, 0.6) is 0 Å². The monoisotopic (exact) mass is 282 g/mol. The molecule has 0 amide bonds. The van der Waals surface area contributed by atoms with E-state index in [4.69, 9.17) is 4.52 Å². The van der Waals surface area contributed by atoms with Crippen LogP contribution in [0.2, 0.25) is 0 Å². The molecule has 2 aromatic rings. The zero-order valence-corrected chi connectivity index (χ0v) is 10.4. The Morgan fingerprint density at radius 2 is 2.25 bits per heavy atom. The fourth-order valence-electron chi connectivity index (χ4n) is 1.23. The van der Waals surface area contributed by atoms with Crippen LogP contribution in [0, 0.1) is 6.92 Å². The van der Waals surface area contributed by atoms with Crippen molar-refractivity contribution in [2.45, 2.75) is 20.0 Å². The summed E-state index contributed by atoms with van der Waals surface area (Å²) in [6.07, 6.45) is 1.77. The number of nitrogens with zero attached hydrogens (tertiary/aromatic N) is 3. The Hall–Kier alpha value is -1.27. The fourth-order valence-corrected chi connectivity index (χ4v) is 1.46. The van der Waals surface area contributed by atoms with E-state index >= 15 is 0 Å². The molecule has 2 heterocycles. The van der Waals surface area contributed by atoms with E-state index in [1.54, 1.807) is 13.1 Å². The lowest BCUT2D eigenvalue weighted by Gasteiger charge is -2.01. The van der Waals surface area contributed by atoms with Crippen molar-refractivity contribution in [1.82, 2.24) is 20.4 Å². The number of aryl methyl sites for hydroxylation is 1. The van der Waals surface area contributed by atoms with Crippen molar-refractivity contribution in [1.29, 1.82) is 0 Å². The van der Waals surface area contributed by atoms with Crippen molar-refractivity contribution in [3.8, 4) is 0 Å². The third-order valence-corrected chi connectivity index (χ3v) is 2.42. The molecule has 0 bridgehead atoms. The van der Waals surface area contributed by atoms with Crippen LogP contribution in [0.4, 0.5) is 0 Å². The third kappa shape index (κ3) is 3.11. The second kappa shape index (κ2) is 5.18. The second-order valence-electron chi connectivity index (χ2n) is 3.30. The number of hydrogen-bond donors (Lipinski definition) is 1. The van der Waals surface area contributed by atoms with Gasteiger partial charge in [-0.15, -0.1) is 0 Å². The van der Waals surface area contributed by atoms with Crippen LogP contribution in [0.1, 0.15) is 17.4 Å². The molecule has 0 aliphatic heterocycles. The molecular weight excluding hydrogens is 272 g/mol. The summed E-state index contributed by atoms with van der Waals surface area (Å²) in [5.41, 5.74) is 0.975. The lowest BCUT2D eigenvalue weighted by Crippen LogP contribution is -2.14. The van der Waals surface area contributed by atoms with Gasteiger partial charge in [0.15, 0.2) is 5.82 Å². The SMILES string of the molecule is Cc1nc(CNCc2ccc(Br)cn2)no1. The molecule has 84 valence electrons. The van der Waals surface area contributed by atoms with Crippen LogP contribution in [0.15, 0.2) is 27.3 Å². The molecule has 0 unspecified atom stereocenters. The minimum atomic E-state index is 0.578. The van der Waals surface area contributed by atoms with Crippen LogP contribution in [-0.2, 0) is 13.1 Å². The van der Waals surface area contributed by atoms with Crippen LogP contribution in [0.3, 0.4) is 0 Å². The molecule has 0 aliphatic rings. The molecule has 6 heteroatoms. The van der Waals surface area contributed by atoms with Gasteiger partial charge in [-0.3, -0.25) is 4.98 Å². The van der Waals surface area contributed by atoms with E-state index in [1.807, 2.05) is 12.1 Å². The lowest BCUT2D eigenvalue weighted by molar-refractivity contribution is 0.385. The van der Waals surface area contributed by atoms with Gasteiger partial charge in [0.25, 0.3) is 0 Å². The molecule has 1 N–H and O–H groups in total. The summed E-state index contributed by atoms with van der Waals surface area (Å²) in [6, 6.07) is 3.92. The summed E-state index contributed by atoms with van der Waals surface area (Å²) in [6.45, 7) is 3.03. The first-order valence-corrected chi connectivity index (χ1v) is 5.63. The predicted octanol–water partition coefficient (Wildman–Crippen LogP) is 1.83. The molecule has 0 spiro atoms. The Bertz CT molecular complexity index is 454. The molecule has 16 heavy (non-hydrogen) atoms. The number of aromatic nitrogens is 3. The smallest absolute Gasteiger partial charge is 0.223 e. The quantitative estimate of drug-likeness (QED) is 0.927.